The number of hydrogen-bond acceptors (Lipinski definition) is 2. The molecule has 0 radical (unpaired) electrons. The maximum absolute atomic E-state index is 5.77. The largest absolute Gasteiger partial charge is 0.328 e. The van der Waals surface area contributed by atoms with Crippen molar-refractivity contribution in [2.45, 2.75) is 25.9 Å². The van der Waals surface area contributed by atoms with Crippen LogP contribution >= 0.6 is 15.9 Å². The zero-order valence-electron chi connectivity index (χ0n) is 9.81. The van der Waals surface area contributed by atoms with Crippen molar-refractivity contribution >= 4 is 15.9 Å². The normalized spacial score (nSPS) is 12.6. The van der Waals surface area contributed by atoms with E-state index in [2.05, 4.69) is 33.3 Å². The summed E-state index contributed by atoms with van der Waals surface area (Å²) in [7, 11) is 0. The predicted molar refractivity (Wildman–Crippen MR) is 72.8 cm³/mol. The van der Waals surface area contributed by atoms with E-state index in [1.54, 1.807) is 0 Å². The van der Waals surface area contributed by atoms with Crippen LogP contribution < -0.4 is 5.73 Å². The Balaban J connectivity index is 2.09. The molecule has 1 aromatic heterocycles. The van der Waals surface area contributed by atoms with Crippen molar-refractivity contribution in [3.63, 3.8) is 0 Å². The molecule has 0 aliphatic heterocycles. The fourth-order valence-corrected chi connectivity index (χ4v) is 2.18. The van der Waals surface area contributed by atoms with E-state index >= 15 is 0 Å². The third kappa shape index (κ3) is 3.41. The smallest absolute Gasteiger partial charge is 0.0670 e. The highest BCUT2D eigenvalue weighted by Crippen LogP contribution is 2.17. The third-order valence-corrected chi connectivity index (χ3v) is 3.31. The summed E-state index contributed by atoms with van der Waals surface area (Å²) in [5.41, 5.74) is 8.18. The lowest BCUT2D eigenvalue weighted by atomic mass is 10.1. The number of nitrogens with zero attached hydrogens (tertiary/aromatic N) is 2. The Morgan fingerprint density at radius 3 is 2.88 bits per heavy atom. The van der Waals surface area contributed by atoms with Crippen LogP contribution in [0.15, 0.2) is 41.1 Å². The summed E-state index contributed by atoms with van der Waals surface area (Å²) in [6.45, 7) is 2.78. The summed E-state index contributed by atoms with van der Waals surface area (Å²) in [6, 6.07) is 8.36. The number of aromatic nitrogens is 2. The van der Waals surface area contributed by atoms with Gasteiger partial charge in [0.1, 0.15) is 0 Å². The molecule has 1 atom stereocenters. The zero-order chi connectivity index (χ0) is 12.3. The van der Waals surface area contributed by atoms with Crippen molar-refractivity contribution in [1.29, 1.82) is 0 Å². The van der Waals surface area contributed by atoms with E-state index in [4.69, 9.17) is 5.73 Å². The van der Waals surface area contributed by atoms with Gasteiger partial charge in [0.2, 0.25) is 0 Å². The average molecular weight is 294 g/mol. The highest BCUT2D eigenvalue weighted by molar-refractivity contribution is 9.10. The first-order valence-corrected chi connectivity index (χ1v) is 6.45. The molecule has 4 heteroatoms. The lowest BCUT2D eigenvalue weighted by Gasteiger charge is -2.04. The Morgan fingerprint density at radius 1 is 1.41 bits per heavy atom. The van der Waals surface area contributed by atoms with Crippen molar-refractivity contribution in [2.24, 2.45) is 5.73 Å². The fraction of sp³-hybridized carbons (Fsp3) is 0.308. The molecular formula is C13H16BrN3. The van der Waals surface area contributed by atoms with E-state index in [1.165, 1.54) is 11.1 Å². The first-order valence-electron chi connectivity index (χ1n) is 5.65. The van der Waals surface area contributed by atoms with Gasteiger partial charge in [0.05, 0.1) is 12.7 Å². The molecule has 0 fully saturated rings. The third-order valence-electron chi connectivity index (χ3n) is 2.53. The van der Waals surface area contributed by atoms with Crippen LogP contribution in [0.25, 0.3) is 0 Å². The van der Waals surface area contributed by atoms with Crippen LogP contribution in [0.1, 0.15) is 18.1 Å². The fourth-order valence-electron chi connectivity index (χ4n) is 1.77. The number of benzene rings is 1. The molecule has 0 saturated heterocycles. The van der Waals surface area contributed by atoms with Crippen molar-refractivity contribution in [3.05, 3.63) is 52.3 Å². The van der Waals surface area contributed by atoms with E-state index < -0.39 is 0 Å². The topological polar surface area (TPSA) is 43.8 Å². The van der Waals surface area contributed by atoms with Gasteiger partial charge < -0.3 is 5.73 Å². The van der Waals surface area contributed by atoms with Gasteiger partial charge in [-0.05, 0) is 30.5 Å². The summed E-state index contributed by atoms with van der Waals surface area (Å²) in [6.07, 6.45) is 4.82. The maximum atomic E-state index is 5.77. The van der Waals surface area contributed by atoms with E-state index in [0.29, 0.717) is 0 Å². The Morgan fingerprint density at radius 2 is 2.18 bits per heavy atom. The molecule has 0 spiro atoms. The van der Waals surface area contributed by atoms with Gasteiger partial charge in [0.15, 0.2) is 0 Å². The summed E-state index contributed by atoms with van der Waals surface area (Å²) >= 11 is 3.54. The van der Waals surface area contributed by atoms with Crippen LogP contribution in [0, 0.1) is 0 Å². The van der Waals surface area contributed by atoms with Crippen LogP contribution in [0.4, 0.5) is 0 Å². The molecule has 2 N–H and O–H groups in total. The van der Waals surface area contributed by atoms with Crippen LogP contribution in [0.3, 0.4) is 0 Å². The highest BCUT2D eigenvalue weighted by Gasteiger charge is 2.04. The molecule has 2 rings (SSSR count). The Labute approximate surface area is 110 Å². The Kier molecular flexibility index (Phi) is 3.97. The van der Waals surface area contributed by atoms with Crippen LogP contribution in [0.2, 0.25) is 0 Å². The van der Waals surface area contributed by atoms with Gasteiger partial charge in [-0.2, -0.15) is 5.10 Å². The van der Waals surface area contributed by atoms with E-state index in [1.807, 2.05) is 36.0 Å². The van der Waals surface area contributed by atoms with Crippen LogP contribution in [0.5, 0.6) is 0 Å². The monoisotopic (exact) mass is 293 g/mol. The van der Waals surface area contributed by atoms with Crippen LogP contribution in [-0.4, -0.2) is 15.8 Å². The van der Waals surface area contributed by atoms with E-state index in [9.17, 15) is 0 Å². The Hall–Kier alpha value is -1.13. The number of halogens is 1. The van der Waals surface area contributed by atoms with Crippen molar-refractivity contribution in [1.82, 2.24) is 9.78 Å². The lowest BCUT2D eigenvalue weighted by molar-refractivity contribution is 0.682. The molecule has 0 aliphatic rings. The molecular weight excluding hydrogens is 278 g/mol. The van der Waals surface area contributed by atoms with Gasteiger partial charge in [-0.3, -0.25) is 4.68 Å². The van der Waals surface area contributed by atoms with Gasteiger partial charge >= 0.3 is 0 Å². The molecule has 0 aliphatic carbocycles. The molecule has 0 bridgehead atoms. The molecule has 17 heavy (non-hydrogen) atoms. The molecule has 0 saturated carbocycles. The second kappa shape index (κ2) is 5.47. The first kappa shape index (κ1) is 12.3. The lowest BCUT2D eigenvalue weighted by Crippen LogP contribution is -2.17. The SMILES string of the molecule is CC(N)Cc1cnn(Cc2ccccc2Br)c1. The Bertz CT molecular complexity index is 491. The van der Waals surface area contributed by atoms with Crippen molar-refractivity contribution < 1.29 is 0 Å². The minimum atomic E-state index is 0.177. The van der Waals surface area contributed by atoms with Gasteiger partial charge in [-0.25, -0.2) is 0 Å². The molecule has 0 amide bonds. The van der Waals surface area contributed by atoms with Gasteiger partial charge in [-0.1, -0.05) is 34.1 Å². The average Bonchev–Trinajstić information content (AvgIpc) is 2.68. The standard InChI is InChI=1S/C13H16BrN3/c1-10(15)6-11-7-16-17(8-11)9-12-4-2-3-5-13(12)14/h2-5,7-8,10H,6,9,15H2,1H3. The second-order valence-corrected chi connectivity index (χ2v) is 5.17. The van der Waals surface area contributed by atoms with Crippen LogP contribution in [-0.2, 0) is 13.0 Å². The minimum absolute atomic E-state index is 0.177. The van der Waals surface area contributed by atoms with E-state index in [0.717, 1.165) is 17.4 Å². The number of nitrogens with two attached hydrogens (primary N) is 1. The molecule has 3 nitrogen and oxygen atoms in total. The van der Waals surface area contributed by atoms with Gasteiger partial charge in [0.25, 0.3) is 0 Å². The molecule has 1 heterocycles. The molecule has 1 aromatic carbocycles. The minimum Gasteiger partial charge on any atom is -0.328 e. The van der Waals surface area contributed by atoms with Gasteiger partial charge in [0, 0.05) is 16.7 Å². The first-order chi connectivity index (χ1) is 8.15. The zero-order valence-corrected chi connectivity index (χ0v) is 11.4. The molecule has 90 valence electrons. The predicted octanol–water partition coefficient (Wildman–Crippen LogP) is 2.58. The van der Waals surface area contributed by atoms with Gasteiger partial charge in [-0.15, -0.1) is 0 Å². The second-order valence-electron chi connectivity index (χ2n) is 4.32. The van der Waals surface area contributed by atoms with E-state index in [-0.39, 0.29) is 6.04 Å². The van der Waals surface area contributed by atoms with Crippen molar-refractivity contribution in [3.8, 4) is 0 Å². The highest BCUT2D eigenvalue weighted by atomic mass is 79.9. The number of hydrogen-bond donors (Lipinski definition) is 1. The number of rotatable bonds is 4. The maximum Gasteiger partial charge on any atom is 0.0670 e. The summed E-state index contributed by atoms with van der Waals surface area (Å²) in [4.78, 5) is 0. The molecule has 2 aromatic rings. The molecule has 1 unspecified atom stereocenters. The summed E-state index contributed by atoms with van der Waals surface area (Å²) in [5, 5.41) is 4.35. The summed E-state index contributed by atoms with van der Waals surface area (Å²) in [5.74, 6) is 0. The summed E-state index contributed by atoms with van der Waals surface area (Å²) < 4.78 is 3.06. The van der Waals surface area contributed by atoms with Crippen molar-refractivity contribution in [2.75, 3.05) is 0 Å². The quantitative estimate of drug-likeness (QED) is 0.942.